The standard InChI is InChI=1S/C16H15F3N2O2S2/c17-12-3-6-15(24-20)14(9-12)21-10-25(22)8-7-11-1-4-13(5-2-11)23-16(18)19/h1-9,16,21H,10,20H2/b8-7+. The van der Waals surface area contributed by atoms with Crippen molar-refractivity contribution in [2.75, 3.05) is 11.2 Å². The molecule has 0 aliphatic heterocycles. The Bertz CT molecular complexity index is 756. The van der Waals surface area contributed by atoms with Crippen molar-refractivity contribution in [3.05, 3.63) is 59.3 Å². The van der Waals surface area contributed by atoms with Crippen LogP contribution in [0.2, 0.25) is 0 Å². The third-order valence-electron chi connectivity index (χ3n) is 2.99. The van der Waals surface area contributed by atoms with Gasteiger partial charge in [-0.2, -0.15) is 8.78 Å². The third kappa shape index (κ3) is 6.45. The Kier molecular flexibility index (Phi) is 7.35. The number of nitrogens with one attached hydrogen (secondary N) is 1. The Hall–Kier alpha value is -1.97. The fraction of sp³-hybridized carbons (Fsp3) is 0.125. The van der Waals surface area contributed by atoms with Crippen LogP contribution in [-0.2, 0) is 10.8 Å². The van der Waals surface area contributed by atoms with Crippen LogP contribution in [0.25, 0.3) is 6.08 Å². The fourth-order valence-corrected chi connectivity index (χ4v) is 2.96. The van der Waals surface area contributed by atoms with Gasteiger partial charge < -0.3 is 10.1 Å². The summed E-state index contributed by atoms with van der Waals surface area (Å²) in [6, 6.07) is 10.0. The maximum atomic E-state index is 13.3. The average Bonchev–Trinajstić information content (AvgIpc) is 2.59. The van der Waals surface area contributed by atoms with E-state index >= 15 is 0 Å². The Morgan fingerprint density at radius 2 is 1.96 bits per heavy atom. The van der Waals surface area contributed by atoms with Gasteiger partial charge in [-0.3, -0.25) is 9.35 Å². The van der Waals surface area contributed by atoms with E-state index in [-0.39, 0.29) is 11.6 Å². The molecule has 2 aromatic rings. The summed E-state index contributed by atoms with van der Waals surface area (Å²) in [6.07, 6.45) is 1.59. The second-order valence-corrected chi connectivity index (χ2v) is 6.71. The van der Waals surface area contributed by atoms with Gasteiger partial charge in [0.1, 0.15) is 11.6 Å². The molecule has 9 heteroatoms. The molecule has 0 aliphatic carbocycles. The topological polar surface area (TPSA) is 64.3 Å². The van der Waals surface area contributed by atoms with Gasteiger partial charge in [-0.15, -0.1) is 0 Å². The maximum Gasteiger partial charge on any atom is 0.387 e. The van der Waals surface area contributed by atoms with Crippen LogP contribution in [0.4, 0.5) is 18.9 Å². The van der Waals surface area contributed by atoms with Crippen LogP contribution in [0.5, 0.6) is 5.75 Å². The van der Waals surface area contributed by atoms with Gasteiger partial charge in [0.2, 0.25) is 0 Å². The Morgan fingerprint density at radius 3 is 2.60 bits per heavy atom. The van der Waals surface area contributed by atoms with Gasteiger partial charge in [0.25, 0.3) is 0 Å². The fourth-order valence-electron chi connectivity index (χ4n) is 1.85. The summed E-state index contributed by atoms with van der Waals surface area (Å²) in [6.45, 7) is -2.88. The van der Waals surface area contributed by atoms with E-state index in [1.165, 1.54) is 35.7 Å². The van der Waals surface area contributed by atoms with Crippen molar-refractivity contribution in [3.8, 4) is 5.75 Å². The Balaban J connectivity index is 1.91. The van der Waals surface area contributed by atoms with Crippen molar-refractivity contribution in [3.63, 3.8) is 0 Å². The minimum atomic E-state index is -2.88. The molecule has 0 radical (unpaired) electrons. The number of benzene rings is 2. The van der Waals surface area contributed by atoms with Crippen LogP contribution < -0.4 is 15.2 Å². The van der Waals surface area contributed by atoms with E-state index in [0.717, 1.165) is 11.9 Å². The van der Waals surface area contributed by atoms with Crippen LogP contribution in [0.15, 0.2) is 52.8 Å². The van der Waals surface area contributed by atoms with Gasteiger partial charge in [-0.25, -0.2) is 4.39 Å². The van der Waals surface area contributed by atoms with E-state index in [1.54, 1.807) is 18.2 Å². The van der Waals surface area contributed by atoms with Crippen molar-refractivity contribution in [1.29, 1.82) is 0 Å². The molecule has 0 aromatic heterocycles. The molecular weight excluding hydrogens is 373 g/mol. The summed E-state index contributed by atoms with van der Waals surface area (Å²) < 4.78 is 53.6. The van der Waals surface area contributed by atoms with E-state index in [1.807, 2.05) is 0 Å². The monoisotopic (exact) mass is 388 g/mol. The van der Waals surface area contributed by atoms with E-state index in [2.05, 4.69) is 10.1 Å². The third-order valence-corrected chi connectivity index (χ3v) is 4.47. The highest BCUT2D eigenvalue weighted by molar-refractivity contribution is 7.97. The SMILES string of the molecule is NSc1ccc(F)cc1NCS(=O)/C=C/c1ccc(OC(F)F)cc1. The van der Waals surface area contributed by atoms with Gasteiger partial charge in [0, 0.05) is 10.3 Å². The summed E-state index contributed by atoms with van der Waals surface area (Å²) in [7, 11) is -1.37. The predicted molar refractivity (Wildman–Crippen MR) is 95.2 cm³/mol. The zero-order valence-corrected chi connectivity index (χ0v) is 14.5. The molecule has 1 atom stereocenters. The summed E-state index contributed by atoms with van der Waals surface area (Å²) in [5.41, 5.74) is 1.14. The Morgan fingerprint density at radius 1 is 1.24 bits per heavy atom. The number of hydrogen-bond acceptors (Lipinski definition) is 5. The van der Waals surface area contributed by atoms with Gasteiger partial charge >= 0.3 is 6.61 Å². The molecule has 2 rings (SSSR count). The molecular formula is C16H15F3N2O2S2. The Labute approximate surface area is 149 Å². The van der Waals surface area contributed by atoms with Crippen LogP contribution in [0, 0.1) is 5.82 Å². The molecule has 0 heterocycles. The second-order valence-electron chi connectivity index (χ2n) is 4.71. The molecule has 1 unspecified atom stereocenters. The van der Waals surface area contributed by atoms with Crippen LogP contribution in [0.3, 0.4) is 0 Å². The lowest BCUT2D eigenvalue weighted by Crippen LogP contribution is -2.07. The van der Waals surface area contributed by atoms with Crippen molar-refractivity contribution in [1.82, 2.24) is 0 Å². The molecule has 0 saturated carbocycles. The average molecular weight is 388 g/mol. The number of halogens is 3. The number of anilines is 1. The zero-order valence-electron chi connectivity index (χ0n) is 12.8. The van der Waals surface area contributed by atoms with E-state index in [4.69, 9.17) is 5.14 Å². The summed E-state index contributed by atoms with van der Waals surface area (Å²) in [5, 5.41) is 9.82. The molecule has 4 nitrogen and oxygen atoms in total. The summed E-state index contributed by atoms with van der Waals surface area (Å²) in [4.78, 5) is 0.636. The molecule has 2 aromatic carbocycles. The maximum absolute atomic E-state index is 13.3. The first-order valence-electron chi connectivity index (χ1n) is 6.98. The van der Waals surface area contributed by atoms with Gasteiger partial charge in [-0.05, 0) is 53.9 Å². The van der Waals surface area contributed by atoms with E-state index in [9.17, 15) is 17.4 Å². The first kappa shape index (κ1) is 19.4. The van der Waals surface area contributed by atoms with E-state index in [0.29, 0.717) is 16.1 Å². The highest BCUT2D eigenvalue weighted by Crippen LogP contribution is 2.24. The molecule has 0 spiro atoms. The minimum absolute atomic E-state index is 0.0489. The second kappa shape index (κ2) is 9.50. The summed E-state index contributed by atoms with van der Waals surface area (Å²) >= 11 is 0.960. The molecule has 0 fully saturated rings. The lowest BCUT2D eigenvalue weighted by Gasteiger charge is -2.09. The van der Waals surface area contributed by atoms with Gasteiger partial charge in [0.15, 0.2) is 0 Å². The van der Waals surface area contributed by atoms with Crippen LogP contribution >= 0.6 is 11.9 Å². The molecule has 0 saturated heterocycles. The number of alkyl halides is 2. The van der Waals surface area contributed by atoms with Crippen molar-refractivity contribution in [2.24, 2.45) is 5.14 Å². The van der Waals surface area contributed by atoms with E-state index < -0.39 is 23.2 Å². The molecule has 0 aliphatic rings. The van der Waals surface area contributed by atoms with Crippen LogP contribution in [0.1, 0.15) is 5.56 Å². The molecule has 134 valence electrons. The first-order chi connectivity index (χ1) is 12.0. The number of ether oxygens (including phenoxy) is 1. The highest BCUT2D eigenvalue weighted by atomic mass is 32.2. The highest BCUT2D eigenvalue weighted by Gasteiger charge is 2.05. The minimum Gasteiger partial charge on any atom is -0.435 e. The smallest absolute Gasteiger partial charge is 0.387 e. The molecule has 3 N–H and O–H groups in total. The molecule has 0 amide bonds. The van der Waals surface area contributed by atoms with Gasteiger partial charge in [0.05, 0.1) is 22.4 Å². The van der Waals surface area contributed by atoms with Crippen molar-refractivity contribution >= 4 is 34.5 Å². The number of nitrogens with two attached hydrogens (primary N) is 1. The number of hydrogen-bond donors (Lipinski definition) is 2. The number of rotatable bonds is 8. The largest absolute Gasteiger partial charge is 0.435 e. The van der Waals surface area contributed by atoms with Gasteiger partial charge in [-0.1, -0.05) is 12.1 Å². The quantitative estimate of drug-likeness (QED) is 0.664. The normalized spacial score (nSPS) is 12.5. The lowest BCUT2D eigenvalue weighted by atomic mass is 10.2. The first-order valence-corrected chi connectivity index (χ1v) is 9.24. The lowest BCUT2D eigenvalue weighted by molar-refractivity contribution is -0.0498. The molecule has 25 heavy (non-hydrogen) atoms. The zero-order chi connectivity index (χ0) is 18.2. The van der Waals surface area contributed by atoms with Crippen LogP contribution in [-0.4, -0.2) is 16.7 Å². The van der Waals surface area contributed by atoms with Crippen molar-refractivity contribution < 1.29 is 22.1 Å². The molecule has 0 bridgehead atoms. The van der Waals surface area contributed by atoms with Crippen molar-refractivity contribution in [2.45, 2.75) is 11.5 Å². The predicted octanol–water partition coefficient (Wildman–Crippen LogP) is 4.18. The summed E-state index contributed by atoms with van der Waals surface area (Å²) in [5.74, 6) is -0.305.